The predicted molar refractivity (Wildman–Crippen MR) is 100 cm³/mol. The third-order valence-corrected chi connectivity index (χ3v) is 5.92. The van der Waals surface area contributed by atoms with Gasteiger partial charge in [0.15, 0.2) is 0 Å². The maximum absolute atomic E-state index is 12.2. The zero-order chi connectivity index (χ0) is 17.4. The molecule has 0 saturated carbocycles. The highest BCUT2D eigenvalue weighted by molar-refractivity contribution is 7.98. The fourth-order valence-corrected chi connectivity index (χ4v) is 4.09. The molecule has 0 fully saturated rings. The van der Waals surface area contributed by atoms with E-state index in [2.05, 4.69) is 4.72 Å². The van der Waals surface area contributed by atoms with Gasteiger partial charge in [-0.1, -0.05) is 23.7 Å². The Labute approximate surface area is 152 Å². The maximum Gasteiger partial charge on any atom is 0.240 e. The van der Waals surface area contributed by atoms with Crippen LogP contribution in [0.1, 0.15) is 12.5 Å². The van der Waals surface area contributed by atoms with Gasteiger partial charge in [-0.2, -0.15) is 11.8 Å². The van der Waals surface area contributed by atoms with Gasteiger partial charge in [0.1, 0.15) is 5.75 Å². The van der Waals surface area contributed by atoms with Gasteiger partial charge in [0.05, 0.1) is 11.5 Å². The lowest BCUT2D eigenvalue weighted by Gasteiger charge is -2.08. The molecule has 2 rings (SSSR count). The quantitative estimate of drug-likeness (QED) is 0.664. The number of halogens is 1. The summed E-state index contributed by atoms with van der Waals surface area (Å²) in [6.07, 6.45) is 0. The van der Waals surface area contributed by atoms with Crippen LogP contribution in [0.25, 0.3) is 0 Å². The van der Waals surface area contributed by atoms with Gasteiger partial charge in [-0.3, -0.25) is 0 Å². The van der Waals surface area contributed by atoms with Crippen LogP contribution < -0.4 is 9.46 Å². The second-order valence-electron chi connectivity index (χ2n) is 4.98. The highest BCUT2D eigenvalue weighted by Gasteiger charge is 2.13. The highest BCUT2D eigenvalue weighted by atomic mass is 35.5. The standard InChI is InChI=1S/C17H20ClNO3S2/c1-2-22-16-7-9-17(10-8-16)24(20,21)19-11-12-23-13-14-3-5-15(18)6-4-14/h3-10,19H,2,11-13H2,1H3. The molecule has 24 heavy (non-hydrogen) atoms. The second-order valence-corrected chi connectivity index (χ2v) is 8.29. The Morgan fingerprint density at radius 1 is 1.08 bits per heavy atom. The van der Waals surface area contributed by atoms with E-state index in [1.54, 1.807) is 36.0 Å². The van der Waals surface area contributed by atoms with Crippen molar-refractivity contribution in [3.05, 3.63) is 59.1 Å². The lowest BCUT2D eigenvalue weighted by atomic mass is 10.2. The Morgan fingerprint density at radius 3 is 2.38 bits per heavy atom. The molecular weight excluding hydrogens is 366 g/mol. The molecule has 0 unspecified atom stereocenters. The minimum absolute atomic E-state index is 0.244. The molecule has 2 aromatic carbocycles. The first-order valence-corrected chi connectivity index (χ1v) is 10.6. The largest absolute Gasteiger partial charge is 0.494 e. The number of sulfonamides is 1. The zero-order valence-corrected chi connectivity index (χ0v) is 15.8. The Morgan fingerprint density at radius 2 is 1.75 bits per heavy atom. The maximum atomic E-state index is 12.2. The molecule has 0 saturated heterocycles. The van der Waals surface area contributed by atoms with Gasteiger partial charge < -0.3 is 4.74 Å². The minimum Gasteiger partial charge on any atom is -0.494 e. The van der Waals surface area contributed by atoms with E-state index >= 15 is 0 Å². The summed E-state index contributed by atoms with van der Waals surface area (Å²) >= 11 is 7.51. The van der Waals surface area contributed by atoms with Crippen LogP contribution >= 0.6 is 23.4 Å². The SMILES string of the molecule is CCOc1ccc(S(=O)(=O)NCCSCc2ccc(Cl)cc2)cc1. The van der Waals surface area contributed by atoms with E-state index in [9.17, 15) is 8.42 Å². The summed E-state index contributed by atoms with van der Waals surface area (Å²) in [4.78, 5) is 0.244. The first kappa shape index (κ1) is 19.1. The molecule has 0 aliphatic rings. The fourth-order valence-electron chi connectivity index (χ4n) is 1.98. The molecule has 4 nitrogen and oxygen atoms in total. The summed E-state index contributed by atoms with van der Waals surface area (Å²) in [6, 6.07) is 14.1. The number of hydrogen-bond acceptors (Lipinski definition) is 4. The van der Waals surface area contributed by atoms with Crippen molar-refractivity contribution in [2.45, 2.75) is 17.6 Å². The summed E-state index contributed by atoms with van der Waals surface area (Å²) in [5.74, 6) is 2.18. The van der Waals surface area contributed by atoms with E-state index in [-0.39, 0.29) is 4.90 Å². The average Bonchev–Trinajstić information content (AvgIpc) is 2.57. The van der Waals surface area contributed by atoms with Crippen molar-refractivity contribution in [3.63, 3.8) is 0 Å². The van der Waals surface area contributed by atoms with Crippen molar-refractivity contribution < 1.29 is 13.2 Å². The molecule has 0 bridgehead atoms. The predicted octanol–water partition coefficient (Wildman–Crippen LogP) is 3.95. The van der Waals surface area contributed by atoms with Crippen molar-refractivity contribution in [2.24, 2.45) is 0 Å². The van der Waals surface area contributed by atoms with Crippen LogP contribution in [0.5, 0.6) is 5.75 Å². The number of nitrogens with one attached hydrogen (secondary N) is 1. The zero-order valence-electron chi connectivity index (χ0n) is 13.4. The topological polar surface area (TPSA) is 55.4 Å². The van der Waals surface area contributed by atoms with Crippen LogP contribution in [0.2, 0.25) is 5.02 Å². The smallest absolute Gasteiger partial charge is 0.240 e. The van der Waals surface area contributed by atoms with E-state index < -0.39 is 10.0 Å². The van der Waals surface area contributed by atoms with Crippen LogP contribution in [0, 0.1) is 0 Å². The van der Waals surface area contributed by atoms with Gasteiger partial charge >= 0.3 is 0 Å². The minimum atomic E-state index is -3.48. The van der Waals surface area contributed by atoms with Crippen molar-refractivity contribution in [1.29, 1.82) is 0 Å². The molecule has 0 amide bonds. The van der Waals surface area contributed by atoms with E-state index in [0.717, 1.165) is 5.75 Å². The Bertz CT molecular complexity index is 731. The van der Waals surface area contributed by atoms with Gasteiger partial charge in [0.2, 0.25) is 10.0 Å². The number of benzene rings is 2. The fraction of sp³-hybridized carbons (Fsp3) is 0.294. The Hall–Kier alpha value is -1.21. The highest BCUT2D eigenvalue weighted by Crippen LogP contribution is 2.17. The lowest BCUT2D eigenvalue weighted by Crippen LogP contribution is -2.26. The van der Waals surface area contributed by atoms with E-state index in [1.165, 1.54) is 5.56 Å². The number of ether oxygens (including phenoxy) is 1. The normalized spacial score (nSPS) is 11.4. The molecule has 1 N–H and O–H groups in total. The molecule has 0 spiro atoms. The lowest BCUT2D eigenvalue weighted by molar-refractivity contribution is 0.340. The van der Waals surface area contributed by atoms with Crippen molar-refractivity contribution in [1.82, 2.24) is 4.72 Å². The molecule has 0 radical (unpaired) electrons. The molecule has 2 aromatic rings. The molecule has 0 aromatic heterocycles. The first-order chi connectivity index (χ1) is 11.5. The van der Waals surface area contributed by atoms with E-state index in [0.29, 0.717) is 29.7 Å². The number of hydrogen-bond donors (Lipinski definition) is 1. The number of rotatable bonds is 9. The van der Waals surface area contributed by atoms with E-state index in [1.807, 2.05) is 31.2 Å². The monoisotopic (exact) mass is 385 g/mol. The molecule has 0 aliphatic carbocycles. The first-order valence-electron chi connectivity index (χ1n) is 7.56. The van der Waals surface area contributed by atoms with Gasteiger partial charge in [-0.05, 0) is 48.9 Å². The Balaban J connectivity index is 1.77. The van der Waals surface area contributed by atoms with Gasteiger partial charge in [-0.25, -0.2) is 13.1 Å². The summed E-state index contributed by atoms with van der Waals surface area (Å²) in [5, 5.41) is 0.715. The third kappa shape index (κ3) is 6.02. The Kier molecular flexibility index (Phi) is 7.42. The number of thioether (sulfide) groups is 1. The molecule has 0 aliphatic heterocycles. The molecule has 0 heterocycles. The average molecular weight is 386 g/mol. The molecule has 7 heteroatoms. The van der Waals surface area contributed by atoms with Gasteiger partial charge in [0.25, 0.3) is 0 Å². The summed E-state index contributed by atoms with van der Waals surface area (Å²) in [6.45, 7) is 2.82. The molecule has 130 valence electrons. The summed E-state index contributed by atoms with van der Waals surface area (Å²) < 4.78 is 32.3. The third-order valence-electron chi connectivity index (χ3n) is 3.17. The summed E-state index contributed by atoms with van der Waals surface area (Å²) in [7, 11) is -3.48. The van der Waals surface area contributed by atoms with Crippen molar-refractivity contribution in [2.75, 3.05) is 18.9 Å². The van der Waals surface area contributed by atoms with Gasteiger partial charge in [-0.15, -0.1) is 0 Å². The second kappa shape index (κ2) is 9.32. The van der Waals surface area contributed by atoms with Crippen LogP contribution in [0.15, 0.2) is 53.4 Å². The van der Waals surface area contributed by atoms with Gasteiger partial charge in [0, 0.05) is 23.1 Å². The molecular formula is C17H20ClNO3S2. The van der Waals surface area contributed by atoms with Crippen LogP contribution in [-0.2, 0) is 15.8 Å². The van der Waals surface area contributed by atoms with Crippen molar-refractivity contribution in [3.8, 4) is 5.75 Å². The van der Waals surface area contributed by atoms with Crippen LogP contribution in [0.4, 0.5) is 0 Å². The van der Waals surface area contributed by atoms with Crippen molar-refractivity contribution >= 4 is 33.4 Å². The van der Waals surface area contributed by atoms with E-state index in [4.69, 9.17) is 16.3 Å². The summed E-state index contributed by atoms with van der Waals surface area (Å²) in [5.41, 5.74) is 1.17. The van der Waals surface area contributed by atoms with Crippen LogP contribution in [0.3, 0.4) is 0 Å². The molecule has 0 atom stereocenters. The van der Waals surface area contributed by atoms with Crippen LogP contribution in [-0.4, -0.2) is 27.3 Å².